The van der Waals surface area contributed by atoms with E-state index in [0.29, 0.717) is 37.6 Å². The van der Waals surface area contributed by atoms with E-state index in [2.05, 4.69) is 15.5 Å². The molecule has 116 valence electrons. The Hall–Kier alpha value is -2.50. The summed E-state index contributed by atoms with van der Waals surface area (Å²) in [5, 5.41) is 9.96. The van der Waals surface area contributed by atoms with E-state index in [1.807, 2.05) is 26.0 Å². The third-order valence-electron chi connectivity index (χ3n) is 3.71. The third kappa shape index (κ3) is 3.05. The normalized spacial score (nSPS) is 13.0. The van der Waals surface area contributed by atoms with Gasteiger partial charge in [0.05, 0.1) is 5.69 Å². The van der Waals surface area contributed by atoms with E-state index >= 15 is 0 Å². The zero-order valence-electron chi connectivity index (χ0n) is 12.7. The number of fused-ring (bicyclic) bond motifs is 1. The Labute approximate surface area is 128 Å². The van der Waals surface area contributed by atoms with Gasteiger partial charge >= 0.3 is 0 Å². The van der Waals surface area contributed by atoms with Crippen LogP contribution in [-0.4, -0.2) is 29.3 Å². The number of nitrogens with zero attached hydrogens (tertiary/aromatic N) is 1. The summed E-state index contributed by atoms with van der Waals surface area (Å²) in [6.07, 6.45) is 1.08. The van der Waals surface area contributed by atoms with Crippen LogP contribution in [0.3, 0.4) is 0 Å². The number of hydrogen-bond donors (Lipinski definition) is 2. The van der Waals surface area contributed by atoms with Crippen molar-refractivity contribution in [3.63, 3.8) is 0 Å². The summed E-state index contributed by atoms with van der Waals surface area (Å²) < 4.78 is 11.0. The minimum Gasteiger partial charge on any atom is -0.486 e. The molecule has 0 fully saturated rings. The molecule has 1 aromatic carbocycles. The van der Waals surface area contributed by atoms with Crippen LogP contribution in [-0.2, 0) is 11.2 Å². The van der Waals surface area contributed by atoms with E-state index in [0.717, 1.165) is 22.6 Å². The van der Waals surface area contributed by atoms with Crippen LogP contribution in [0.4, 0.5) is 5.69 Å². The number of aromatic amines is 1. The summed E-state index contributed by atoms with van der Waals surface area (Å²) in [4.78, 5) is 12.1. The lowest BCUT2D eigenvalue weighted by atomic mass is 10.1. The van der Waals surface area contributed by atoms with Crippen LogP contribution in [0.15, 0.2) is 18.2 Å². The van der Waals surface area contributed by atoms with Crippen molar-refractivity contribution in [1.29, 1.82) is 0 Å². The van der Waals surface area contributed by atoms with Crippen molar-refractivity contribution in [2.75, 3.05) is 18.5 Å². The minimum absolute atomic E-state index is 0.0309. The van der Waals surface area contributed by atoms with Crippen LogP contribution in [0.1, 0.15) is 23.4 Å². The summed E-state index contributed by atoms with van der Waals surface area (Å²) in [7, 11) is 0. The molecule has 0 saturated heterocycles. The number of carbonyl (C=O) groups is 1. The summed E-state index contributed by atoms with van der Waals surface area (Å²) in [6, 6.07) is 5.43. The van der Waals surface area contributed by atoms with Crippen molar-refractivity contribution in [3.05, 3.63) is 35.2 Å². The maximum absolute atomic E-state index is 12.1. The number of rotatable bonds is 4. The lowest BCUT2D eigenvalue weighted by molar-refractivity contribution is -0.116. The first-order chi connectivity index (χ1) is 10.6. The number of aromatic nitrogens is 2. The Morgan fingerprint density at radius 1 is 1.27 bits per heavy atom. The van der Waals surface area contributed by atoms with E-state index in [4.69, 9.17) is 9.47 Å². The number of aryl methyl sites for hydroxylation is 2. The standard InChI is InChI=1S/C16H19N3O3/c1-10-13(11(2)19-18-10)4-6-16(20)17-12-3-5-14-15(9-12)22-8-7-21-14/h3,5,9H,4,6-8H2,1-2H3,(H,17,20)(H,18,19). The number of amides is 1. The highest BCUT2D eigenvalue weighted by molar-refractivity contribution is 5.91. The molecule has 0 aliphatic carbocycles. The van der Waals surface area contributed by atoms with Crippen LogP contribution in [0, 0.1) is 13.8 Å². The summed E-state index contributed by atoms with van der Waals surface area (Å²) in [5.74, 6) is 1.36. The van der Waals surface area contributed by atoms with Crippen LogP contribution in [0.5, 0.6) is 11.5 Å². The van der Waals surface area contributed by atoms with Crippen LogP contribution < -0.4 is 14.8 Å². The molecule has 2 heterocycles. The van der Waals surface area contributed by atoms with Crippen LogP contribution in [0.25, 0.3) is 0 Å². The fraction of sp³-hybridized carbons (Fsp3) is 0.375. The Kier molecular flexibility index (Phi) is 4.00. The van der Waals surface area contributed by atoms with Crippen molar-refractivity contribution in [2.45, 2.75) is 26.7 Å². The molecule has 0 unspecified atom stereocenters. The number of H-pyrrole nitrogens is 1. The molecule has 1 aliphatic rings. The zero-order chi connectivity index (χ0) is 15.5. The Morgan fingerprint density at radius 3 is 2.77 bits per heavy atom. The number of hydrogen-bond acceptors (Lipinski definition) is 4. The summed E-state index contributed by atoms with van der Waals surface area (Å²) in [5.41, 5.74) is 3.79. The first-order valence-corrected chi connectivity index (χ1v) is 7.33. The molecule has 1 amide bonds. The average molecular weight is 301 g/mol. The SMILES string of the molecule is Cc1n[nH]c(C)c1CCC(=O)Nc1ccc2c(c1)OCCO2. The highest BCUT2D eigenvalue weighted by Crippen LogP contribution is 2.32. The van der Waals surface area contributed by atoms with E-state index in [1.165, 1.54) is 0 Å². The Bertz CT molecular complexity index is 674. The number of carbonyl (C=O) groups excluding carboxylic acids is 1. The molecule has 0 spiro atoms. The number of benzene rings is 1. The van der Waals surface area contributed by atoms with E-state index < -0.39 is 0 Å². The molecule has 0 bridgehead atoms. The smallest absolute Gasteiger partial charge is 0.224 e. The highest BCUT2D eigenvalue weighted by Gasteiger charge is 2.13. The fourth-order valence-electron chi connectivity index (χ4n) is 2.53. The topological polar surface area (TPSA) is 76.2 Å². The molecule has 2 N–H and O–H groups in total. The number of ether oxygens (including phenoxy) is 2. The van der Waals surface area contributed by atoms with Gasteiger partial charge in [-0.2, -0.15) is 5.10 Å². The second-order valence-electron chi connectivity index (χ2n) is 5.32. The lowest BCUT2D eigenvalue weighted by Crippen LogP contribution is -2.16. The van der Waals surface area contributed by atoms with Crippen LogP contribution >= 0.6 is 0 Å². The first-order valence-electron chi connectivity index (χ1n) is 7.33. The van der Waals surface area contributed by atoms with Crippen molar-refractivity contribution in [2.24, 2.45) is 0 Å². The van der Waals surface area contributed by atoms with Gasteiger partial charge in [0.25, 0.3) is 0 Å². The zero-order valence-corrected chi connectivity index (χ0v) is 12.7. The molecular weight excluding hydrogens is 282 g/mol. The maximum atomic E-state index is 12.1. The molecule has 3 rings (SSSR count). The van der Waals surface area contributed by atoms with Gasteiger partial charge in [0.15, 0.2) is 11.5 Å². The largest absolute Gasteiger partial charge is 0.486 e. The summed E-state index contributed by atoms with van der Waals surface area (Å²) in [6.45, 7) is 5.00. The Balaban J connectivity index is 1.60. The van der Waals surface area contributed by atoms with Crippen molar-refractivity contribution < 1.29 is 14.3 Å². The molecule has 0 saturated carbocycles. The maximum Gasteiger partial charge on any atom is 0.224 e. The fourth-order valence-corrected chi connectivity index (χ4v) is 2.53. The van der Waals surface area contributed by atoms with E-state index in [9.17, 15) is 4.79 Å². The van der Waals surface area contributed by atoms with E-state index in [1.54, 1.807) is 6.07 Å². The molecule has 0 radical (unpaired) electrons. The van der Waals surface area contributed by atoms with Crippen molar-refractivity contribution in [1.82, 2.24) is 10.2 Å². The second kappa shape index (κ2) is 6.09. The molecular formula is C16H19N3O3. The first kappa shape index (κ1) is 14.4. The quantitative estimate of drug-likeness (QED) is 0.909. The second-order valence-corrected chi connectivity index (χ2v) is 5.32. The monoisotopic (exact) mass is 301 g/mol. The minimum atomic E-state index is -0.0309. The van der Waals surface area contributed by atoms with Gasteiger partial charge in [0.2, 0.25) is 5.91 Å². The van der Waals surface area contributed by atoms with Gasteiger partial charge < -0.3 is 14.8 Å². The van der Waals surface area contributed by atoms with Crippen LogP contribution in [0.2, 0.25) is 0 Å². The van der Waals surface area contributed by atoms with Gasteiger partial charge in [-0.15, -0.1) is 0 Å². The highest BCUT2D eigenvalue weighted by atomic mass is 16.6. The molecule has 0 atom stereocenters. The van der Waals surface area contributed by atoms with E-state index in [-0.39, 0.29) is 5.91 Å². The van der Waals surface area contributed by atoms with Gasteiger partial charge in [-0.1, -0.05) is 0 Å². The van der Waals surface area contributed by atoms with Crippen molar-refractivity contribution in [3.8, 4) is 11.5 Å². The summed E-state index contributed by atoms with van der Waals surface area (Å²) >= 11 is 0. The number of anilines is 1. The van der Waals surface area contributed by atoms with Gasteiger partial charge in [-0.3, -0.25) is 9.89 Å². The van der Waals surface area contributed by atoms with Crippen molar-refractivity contribution >= 4 is 11.6 Å². The predicted octanol–water partition coefficient (Wildman–Crippen LogP) is 2.37. The third-order valence-corrected chi connectivity index (χ3v) is 3.71. The van der Waals surface area contributed by atoms with Gasteiger partial charge in [0.1, 0.15) is 13.2 Å². The van der Waals surface area contributed by atoms with Gasteiger partial charge in [-0.25, -0.2) is 0 Å². The lowest BCUT2D eigenvalue weighted by Gasteiger charge is -2.19. The molecule has 22 heavy (non-hydrogen) atoms. The number of nitrogens with one attached hydrogen (secondary N) is 2. The molecule has 1 aliphatic heterocycles. The van der Waals surface area contributed by atoms with Gasteiger partial charge in [-0.05, 0) is 38.0 Å². The predicted molar refractivity (Wildman–Crippen MR) is 82.4 cm³/mol. The molecule has 1 aromatic heterocycles. The molecule has 2 aromatic rings. The Morgan fingerprint density at radius 2 is 2.05 bits per heavy atom. The van der Waals surface area contributed by atoms with Gasteiger partial charge in [0, 0.05) is 23.9 Å². The average Bonchev–Trinajstić information content (AvgIpc) is 2.84. The molecule has 6 nitrogen and oxygen atoms in total. The molecule has 6 heteroatoms.